The Bertz CT molecular complexity index is 809. The molecule has 2 N–H and O–H groups in total. The van der Waals surface area contributed by atoms with Crippen LogP contribution in [-0.4, -0.2) is 10.2 Å². The summed E-state index contributed by atoms with van der Waals surface area (Å²) in [6.45, 7) is 1.69. The molecule has 0 bridgehead atoms. The van der Waals surface area contributed by atoms with Crippen molar-refractivity contribution in [1.29, 1.82) is 0 Å². The first kappa shape index (κ1) is 12.5. The van der Waals surface area contributed by atoms with Gasteiger partial charge in [-0.1, -0.05) is 24.3 Å². The molecule has 20 heavy (non-hydrogen) atoms. The normalized spacial score (nSPS) is 10.9. The first-order valence-electron chi connectivity index (χ1n) is 6.27. The molecule has 0 atom stereocenters. The van der Waals surface area contributed by atoms with Crippen molar-refractivity contribution in [3.05, 3.63) is 59.9 Å². The zero-order chi connectivity index (χ0) is 14.3. The molecule has 0 heterocycles. The summed E-state index contributed by atoms with van der Waals surface area (Å²) in [6, 6.07) is 13.8. The predicted octanol–water partition coefficient (Wildman–Crippen LogP) is 4.37. The topological polar surface area (TPSA) is 40.5 Å². The van der Waals surface area contributed by atoms with Gasteiger partial charge in [0.2, 0.25) is 0 Å². The van der Waals surface area contributed by atoms with Gasteiger partial charge in [-0.05, 0) is 53.1 Å². The minimum atomic E-state index is -0.614. The van der Waals surface area contributed by atoms with Crippen molar-refractivity contribution >= 4 is 10.8 Å². The van der Waals surface area contributed by atoms with Crippen LogP contribution in [0.3, 0.4) is 0 Å². The van der Waals surface area contributed by atoms with E-state index >= 15 is 0 Å². The molecule has 3 aromatic carbocycles. The van der Waals surface area contributed by atoms with E-state index in [1.165, 1.54) is 6.07 Å². The van der Waals surface area contributed by atoms with Gasteiger partial charge in [0.1, 0.15) is 5.75 Å². The largest absolute Gasteiger partial charge is 0.508 e. The number of rotatable bonds is 1. The fourth-order valence-electron chi connectivity index (χ4n) is 2.38. The lowest BCUT2D eigenvalue weighted by Gasteiger charge is -2.10. The first-order valence-corrected chi connectivity index (χ1v) is 6.27. The number of hydrogen-bond donors (Lipinski definition) is 2. The lowest BCUT2D eigenvalue weighted by atomic mass is 9.97. The van der Waals surface area contributed by atoms with Crippen molar-refractivity contribution in [3.8, 4) is 22.6 Å². The summed E-state index contributed by atoms with van der Waals surface area (Å²) in [5.41, 5.74) is 2.21. The minimum absolute atomic E-state index is 0.223. The van der Waals surface area contributed by atoms with Gasteiger partial charge in [-0.15, -0.1) is 0 Å². The molecule has 0 aliphatic heterocycles. The number of halogens is 1. The molecule has 3 aromatic rings. The van der Waals surface area contributed by atoms with Gasteiger partial charge in [-0.3, -0.25) is 0 Å². The van der Waals surface area contributed by atoms with E-state index in [2.05, 4.69) is 0 Å². The number of phenolic OH excluding ortho intramolecular Hbond substituents is 2. The first-order chi connectivity index (χ1) is 9.56. The zero-order valence-electron chi connectivity index (χ0n) is 10.9. The van der Waals surface area contributed by atoms with Crippen LogP contribution in [-0.2, 0) is 0 Å². The van der Waals surface area contributed by atoms with E-state index in [9.17, 15) is 14.6 Å². The summed E-state index contributed by atoms with van der Waals surface area (Å²) >= 11 is 0. The van der Waals surface area contributed by atoms with E-state index in [4.69, 9.17) is 0 Å². The molecule has 0 fully saturated rings. The quantitative estimate of drug-likeness (QED) is 0.688. The van der Waals surface area contributed by atoms with Gasteiger partial charge in [0.25, 0.3) is 0 Å². The molecule has 0 aliphatic rings. The summed E-state index contributed by atoms with van der Waals surface area (Å²) in [7, 11) is 0. The second-order valence-corrected chi connectivity index (χ2v) is 4.81. The predicted molar refractivity (Wildman–Crippen MR) is 77.4 cm³/mol. The van der Waals surface area contributed by atoms with Crippen molar-refractivity contribution < 1.29 is 14.6 Å². The van der Waals surface area contributed by atoms with Crippen LogP contribution in [0.1, 0.15) is 5.56 Å². The van der Waals surface area contributed by atoms with Crippen LogP contribution < -0.4 is 0 Å². The van der Waals surface area contributed by atoms with E-state index in [0.717, 1.165) is 21.9 Å². The smallest absolute Gasteiger partial charge is 0.165 e. The Kier molecular flexibility index (Phi) is 2.83. The molecule has 0 saturated carbocycles. The average molecular weight is 268 g/mol. The molecular weight excluding hydrogens is 255 g/mol. The maximum Gasteiger partial charge on any atom is 0.165 e. The molecular formula is C17H13FO2. The molecule has 0 spiro atoms. The molecule has 0 amide bonds. The van der Waals surface area contributed by atoms with Crippen molar-refractivity contribution in [2.45, 2.75) is 6.92 Å². The van der Waals surface area contributed by atoms with Crippen LogP contribution in [0.5, 0.6) is 11.5 Å². The highest BCUT2D eigenvalue weighted by Crippen LogP contribution is 2.33. The van der Waals surface area contributed by atoms with Crippen LogP contribution in [0, 0.1) is 12.7 Å². The van der Waals surface area contributed by atoms with Crippen molar-refractivity contribution in [2.24, 2.45) is 0 Å². The van der Waals surface area contributed by atoms with Gasteiger partial charge in [-0.2, -0.15) is 0 Å². The number of phenols is 2. The standard InChI is InChI=1S/C17H13FO2/c1-10-15(6-7-16(18)17(10)20)13-3-2-12-9-14(19)5-4-11(12)8-13/h2-9,19-20H,1H3. The molecule has 3 heteroatoms. The number of fused-ring (bicyclic) bond motifs is 1. The van der Waals surface area contributed by atoms with Gasteiger partial charge >= 0.3 is 0 Å². The third-order valence-electron chi connectivity index (χ3n) is 3.52. The van der Waals surface area contributed by atoms with E-state index < -0.39 is 5.82 Å². The Morgan fingerprint density at radius 1 is 0.850 bits per heavy atom. The van der Waals surface area contributed by atoms with E-state index in [0.29, 0.717) is 5.56 Å². The monoisotopic (exact) mass is 268 g/mol. The summed E-state index contributed by atoms with van der Waals surface area (Å²) in [6.07, 6.45) is 0. The Balaban J connectivity index is 2.20. The molecule has 0 radical (unpaired) electrons. The van der Waals surface area contributed by atoms with Gasteiger partial charge in [0.05, 0.1) is 0 Å². The van der Waals surface area contributed by atoms with Crippen molar-refractivity contribution in [2.75, 3.05) is 0 Å². The molecule has 3 rings (SSSR count). The molecule has 0 saturated heterocycles. The highest BCUT2D eigenvalue weighted by atomic mass is 19.1. The third-order valence-corrected chi connectivity index (χ3v) is 3.52. The summed E-state index contributed by atoms with van der Waals surface area (Å²) < 4.78 is 13.3. The van der Waals surface area contributed by atoms with E-state index in [1.807, 2.05) is 24.3 Å². The Morgan fingerprint density at radius 2 is 1.55 bits per heavy atom. The number of aromatic hydroxyl groups is 2. The van der Waals surface area contributed by atoms with Gasteiger partial charge < -0.3 is 10.2 Å². The lowest BCUT2D eigenvalue weighted by Crippen LogP contribution is -1.87. The summed E-state index contributed by atoms with van der Waals surface area (Å²) in [4.78, 5) is 0. The molecule has 0 aliphatic carbocycles. The Morgan fingerprint density at radius 3 is 2.35 bits per heavy atom. The average Bonchev–Trinajstić information content (AvgIpc) is 2.44. The maximum absolute atomic E-state index is 13.3. The maximum atomic E-state index is 13.3. The fourth-order valence-corrected chi connectivity index (χ4v) is 2.38. The Labute approximate surface area is 115 Å². The molecule has 2 nitrogen and oxygen atoms in total. The zero-order valence-corrected chi connectivity index (χ0v) is 10.9. The molecule has 0 aromatic heterocycles. The van der Waals surface area contributed by atoms with Crippen LogP contribution in [0.4, 0.5) is 4.39 Å². The molecule has 100 valence electrons. The van der Waals surface area contributed by atoms with E-state index in [-0.39, 0.29) is 11.5 Å². The summed E-state index contributed by atoms with van der Waals surface area (Å²) in [5, 5.41) is 21.0. The highest BCUT2D eigenvalue weighted by molar-refractivity contribution is 5.89. The van der Waals surface area contributed by atoms with Crippen LogP contribution in [0.2, 0.25) is 0 Å². The second kappa shape index (κ2) is 4.53. The molecule has 0 unspecified atom stereocenters. The number of benzene rings is 3. The summed E-state index contributed by atoms with van der Waals surface area (Å²) in [5.74, 6) is -0.703. The van der Waals surface area contributed by atoms with Crippen LogP contribution in [0.15, 0.2) is 48.5 Å². The van der Waals surface area contributed by atoms with Crippen LogP contribution in [0.25, 0.3) is 21.9 Å². The number of hydrogen-bond acceptors (Lipinski definition) is 2. The fraction of sp³-hybridized carbons (Fsp3) is 0.0588. The van der Waals surface area contributed by atoms with Crippen LogP contribution >= 0.6 is 0 Å². The SMILES string of the molecule is Cc1c(-c2ccc3cc(O)ccc3c2)ccc(F)c1O. The van der Waals surface area contributed by atoms with Crippen molar-refractivity contribution in [3.63, 3.8) is 0 Å². The second-order valence-electron chi connectivity index (χ2n) is 4.81. The van der Waals surface area contributed by atoms with Gasteiger partial charge in [0, 0.05) is 5.56 Å². The lowest BCUT2D eigenvalue weighted by molar-refractivity contribution is 0.429. The highest BCUT2D eigenvalue weighted by Gasteiger charge is 2.10. The van der Waals surface area contributed by atoms with Crippen molar-refractivity contribution in [1.82, 2.24) is 0 Å². The van der Waals surface area contributed by atoms with E-state index in [1.54, 1.807) is 25.1 Å². The van der Waals surface area contributed by atoms with Gasteiger partial charge in [-0.25, -0.2) is 4.39 Å². The minimum Gasteiger partial charge on any atom is -0.508 e. The third kappa shape index (κ3) is 1.97. The Hall–Kier alpha value is -2.55. The van der Waals surface area contributed by atoms with Gasteiger partial charge in [0.15, 0.2) is 11.6 Å².